The van der Waals surface area contributed by atoms with Gasteiger partial charge in [0.2, 0.25) is 5.91 Å². The smallest absolute Gasteiger partial charge is 0.217 e. The van der Waals surface area contributed by atoms with E-state index in [4.69, 9.17) is 5.11 Å². The highest BCUT2D eigenvalue weighted by Gasteiger charge is 2.11. The van der Waals surface area contributed by atoms with Crippen LogP contribution in [0.5, 0.6) is 0 Å². The normalized spacial score (nSPS) is 10.4. The summed E-state index contributed by atoms with van der Waals surface area (Å²) in [5.41, 5.74) is 0. The van der Waals surface area contributed by atoms with Gasteiger partial charge in [-0.25, -0.2) is 0 Å². The van der Waals surface area contributed by atoms with Crippen LogP contribution in [-0.2, 0) is 4.79 Å². The molecule has 0 saturated heterocycles. The van der Waals surface area contributed by atoms with Crippen LogP contribution in [0.15, 0.2) is 0 Å². The van der Waals surface area contributed by atoms with Crippen molar-refractivity contribution < 1.29 is 9.90 Å². The van der Waals surface area contributed by atoms with Crippen molar-refractivity contribution in [3.8, 4) is 0 Å². The molecule has 0 aliphatic rings. The van der Waals surface area contributed by atoms with Gasteiger partial charge in [-0.05, 0) is 5.92 Å². The van der Waals surface area contributed by atoms with Gasteiger partial charge in [0.1, 0.15) is 0 Å². The van der Waals surface area contributed by atoms with Gasteiger partial charge in [-0.15, -0.1) is 0 Å². The maximum absolute atomic E-state index is 10.5. The van der Waals surface area contributed by atoms with Gasteiger partial charge < -0.3 is 10.4 Å². The fourth-order valence-electron chi connectivity index (χ4n) is 0.684. The Morgan fingerprint density at radius 1 is 1.21 bits per heavy atom. The van der Waals surface area contributed by atoms with Crippen molar-refractivity contribution in [2.24, 2.45) is 5.92 Å². The van der Waals surface area contributed by atoms with Crippen molar-refractivity contribution in [3.05, 3.63) is 0 Å². The molecule has 0 aromatic heterocycles. The molecule has 0 bridgehead atoms. The molecule has 14 heavy (non-hydrogen) atoms. The minimum atomic E-state index is -0.0995. The van der Waals surface area contributed by atoms with Gasteiger partial charge in [0.05, 0.1) is 12.6 Å². The summed E-state index contributed by atoms with van der Waals surface area (Å²) in [7, 11) is 0. The van der Waals surface area contributed by atoms with Crippen LogP contribution < -0.4 is 5.32 Å². The second-order valence-corrected chi connectivity index (χ2v) is 2.73. The molecule has 3 heteroatoms. The molecule has 0 aliphatic heterocycles. The monoisotopic (exact) mass is 205 g/mol. The van der Waals surface area contributed by atoms with Crippen molar-refractivity contribution in [2.45, 2.75) is 54.5 Å². The molecule has 1 amide bonds. The summed E-state index contributed by atoms with van der Waals surface area (Å²) in [4.78, 5) is 10.5. The molecule has 1 atom stereocenters. The van der Waals surface area contributed by atoms with E-state index >= 15 is 0 Å². The number of carbonyl (C=O) groups is 1. The van der Waals surface area contributed by atoms with E-state index in [0.717, 1.165) is 0 Å². The Morgan fingerprint density at radius 2 is 1.57 bits per heavy atom. The molecule has 0 heterocycles. The minimum absolute atomic E-state index is 0.0112. The third-order valence-corrected chi connectivity index (χ3v) is 1.39. The Bertz CT molecular complexity index is 114. The molecule has 0 aliphatic carbocycles. The topological polar surface area (TPSA) is 49.3 Å². The van der Waals surface area contributed by atoms with Crippen LogP contribution in [-0.4, -0.2) is 23.7 Å². The Hall–Kier alpha value is -0.570. The average Bonchev–Trinajstić information content (AvgIpc) is 2.19. The summed E-state index contributed by atoms with van der Waals surface area (Å²) in [6.07, 6.45) is 0. The van der Waals surface area contributed by atoms with Crippen LogP contribution >= 0.6 is 0 Å². The molecule has 0 saturated carbocycles. The third-order valence-electron chi connectivity index (χ3n) is 1.39. The number of carbonyl (C=O) groups excluding carboxylic acids is 1. The van der Waals surface area contributed by atoms with Crippen molar-refractivity contribution in [1.82, 2.24) is 5.32 Å². The number of nitrogens with one attached hydrogen (secondary N) is 1. The summed E-state index contributed by atoms with van der Waals surface area (Å²) in [6, 6.07) is -0.0995. The molecule has 0 radical (unpaired) electrons. The Morgan fingerprint density at radius 3 is 1.64 bits per heavy atom. The van der Waals surface area contributed by atoms with Crippen molar-refractivity contribution >= 4 is 5.91 Å². The molecule has 0 rings (SSSR count). The second kappa shape index (κ2) is 14.9. The summed E-state index contributed by atoms with van der Waals surface area (Å²) >= 11 is 0. The van der Waals surface area contributed by atoms with Gasteiger partial charge in [-0.3, -0.25) is 4.79 Å². The predicted octanol–water partition coefficient (Wildman–Crippen LogP) is 2.19. The Labute approximate surface area is 88.9 Å². The fraction of sp³-hybridized carbons (Fsp3) is 0.909. The van der Waals surface area contributed by atoms with E-state index in [1.54, 1.807) is 0 Å². The van der Waals surface area contributed by atoms with E-state index in [-0.39, 0.29) is 24.5 Å². The lowest BCUT2D eigenvalue weighted by Crippen LogP contribution is -2.39. The maximum atomic E-state index is 10.5. The highest BCUT2D eigenvalue weighted by Crippen LogP contribution is 1.99. The standard InChI is InChI=1S/C7H15NO2.2C2H6/c1-5(2)7(4-9)8-6(3)10;2*1-2/h5,7,9H,4H2,1-3H3,(H,8,10);2*1-2H3. The second-order valence-electron chi connectivity index (χ2n) is 2.73. The summed E-state index contributed by atoms with van der Waals surface area (Å²) in [5.74, 6) is 0.196. The fourth-order valence-corrected chi connectivity index (χ4v) is 0.684. The van der Waals surface area contributed by atoms with Crippen molar-refractivity contribution in [1.29, 1.82) is 0 Å². The van der Waals surface area contributed by atoms with Gasteiger partial charge in [-0.2, -0.15) is 0 Å². The first kappa shape index (κ1) is 19.1. The highest BCUT2D eigenvalue weighted by molar-refractivity contribution is 5.73. The first-order valence-electron chi connectivity index (χ1n) is 5.46. The van der Waals surface area contributed by atoms with E-state index in [1.165, 1.54) is 6.92 Å². The number of hydrogen-bond donors (Lipinski definition) is 2. The SMILES string of the molecule is CC.CC.CC(=O)NC(CO)C(C)C. The summed E-state index contributed by atoms with van der Waals surface area (Å²) in [6.45, 7) is 13.4. The third kappa shape index (κ3) is 14.0. The van der Waals surface area contributed by atoms with Crippen LogP contribution in [0.2, 0.25) is 0 Å². The largest absolute Gasteiger partial charge is 0.394 e. The van der Waals surface area contributed by atoms with Crippen LogP contribution in [0.25, 0.3) is 0 Å². The molecule has 0 fully saturated rings. The zero-order valence-electron chi connectivity index (χ0n) is 10.7. The van der Waals surface area contributed by atoms with E-state index in [2.05, 4.69) is 5.32 Å². The van der Waals surface area contributed by atoms with E-state index in [9.17, 15) is 4.79 Å². The molecule has 0 aromatic rings. The summed E-state index contributed by atoms with van der Waals surface area (Å²) < 4.78 is 0. The van der Waals surface area contributed by atoms with Crippen LogP contribution in [0.4, 0.5) is 0 Å². The van der Waals surface area contributed by atoms with Crippen LogP contribution in [0.1, 0.15) is 48.5 Å². The lowest BCUT2D eigenvalue weighted by Gasteiger charge is -2.18. The lowest BCUT2D eigenvalue weighted by atomic mass is 10.1. The predicted molar refractivity (Wildman–Crippen MR) is 62.2 cm³/mol. The number of aliphatic hydroxyl groups excluding tert-OH is 1. The molecule has 3 nitrogen and oxygen atoms in total. The Balaban J connectivity index is -0.000000266. The van der Waals surface area contributed by atoms with Gasteiger partial charge in [0.15, 0.2) is 0 Å². The zero-order chi connectivity index (χ0) is 12.1. The van der Waals surface area contributed by atoms with Gasteiger partial charge in [0, 0.05) is 6.92 Å². The molecular formula is C11H27NO2. The van der Waals surface area contributed by atoms with E-state index < -0.39 is 0 Å². The van der Waals surface area contributed by atoms with E-state index in [1.807, 2.05) is 41.5 Å². The molecule has 88 valence electrons. The van der Waals surface area contributed by atoms with Gasteiger partial charge in [0.25, 0.3) is 0 Å². The summed E-state index contributed by atoms with van der Waals surface area (Å²) in [5, 5.41) is 11.4. The van der Waals surface area contributed by atoms with Gasteiger partial charge >= 0.3 is 0 Å². The van der Waals surface area contributed by atoms with Crippen molar-refractivity contribution in [2.75, 3.05) is 6.61 Å². The Kier molecular flexibility index (Phi) is 20.3. The minimum Gasteiger partial charge on any atom is -0.394 e. The zero-order valence-corrected chi connectivity index (χ0v) is 10.7. The number of rotatable bonds is 3. The van der Waals surface area contributed by atoms with Crippen LogP contribution in [0, 0.1) is 5.92 Å². The average molecular weight is 205 g/mol. The molecule has 2 N–H and O–H groups in total. The number of aliphatic hydroxyl groups is 1. The number of amides is 1. The quantitative estimate of drug-likeness (QED) is 0.742. The maximum Gasteiger partial charge on any atom is 0.217 e. The molecule has 0 spiro atoms. The van der Waals surface area contributed by atoms with E-state index in [0.29, 0.717) is 0 Å². The lowest BCUT2D eigenvalue weighted by molar-refractivity contribution is -0.120. The molecule has 1 unspecified atom stereocenters. The first-order chi connectivity index (χ1) is 6.57. The van der Waals surface area contributed by atoms with Crippen molar-refractivity contribution in [3.63, 3.8) is 0 Å². The molecular weight excluding hydrogens is 178 g/mol. The first-order valence-corrected chi connectivity index (χ1v) is 5.46. The van der Waals surface area contributed by atoms with Crippen LogP contribution in [0.3, 0.4) is 0 Å². The van der Waals surface area contributed by atoms with Gasteiger partial charge in [-0.1, -0.05) is 41.5 Å². The number of hydrogen-bond acceptors (Lipinski definition) is 2. The highest BCUT2D eigenvalue weighted by atomic mass is 16.3. The molecule has 0 aromatic carbocycles.